The number of fused-ring (bicyclic) bond motifs is 2. The maximum atomic E-state index is 12.2. The summed E-state index contributed by atoms with van der Waals surface area (Å²) in [5, 5.41) is 7.14. The molecule has 2 saturated heterocycles. The van der Waals surface area contributed by atoms with Crippen LogP contribution in [-0.2, 0) is 4.79 Å². The van der Waals surface area contributed by atoms with Crippen molar-refractivity contribution in [3.05, 3.63) is 28.8 Å². The molecule has 18 heavy (non-hydrogen) atoms. The van der Waals surface area contributed by atoms with Crippen molar-refractivity contribution in [2.75, 3.05) is 5.32 Å². The molecule has 2 heterocycles. The van der Waals surface area contributed by atoms with Gasteiger partial charge in [0.25, 0.3) is 0 Å². The first-order valence-corrected chi connectivity index (χ1v) is 6.84. The average molecular weight is 265 g/mol. The van der Waals surface area contributed by atoms with Gasteiger partial charge in [0.1, 0.15) is 0 Å². The van der Waals surface area contributed by atoms with Crippen LogP contribution in [0.1, 0.15) is 24.8 Å². The Labute approximate surface area is 112 Å². The molecule has 2 bridgehead atoms. The van der Waals surface area contributed by atoms with Gasteiger partial charge in [0, 0.05) is 22.8 Å². The fourth-order valence-electron chi connectivity index (χ4n) is 3.02. The van der Waals surface area contributed by atoms with Crippen molar-refractivity contribution in [2.24, 2.45) is 5.92 Å². The van der Waals surface area contributed by atoms with Gasteiger partial charge >= 0.3 is 0 Å². The molecule has 3 unspecified atom stereocenters. The van der Waals surface area contributed by atoms with Crippen molar-refractivity contribution in [3.63, 3.8) is 0 Å². The molecule has 1 aromatic carbocycles. The summed E-state index contributed by atoms with van der Waals surface area (Å²) in [6, 6.07) is 6.56. The van der Waals surface area contributed by atoms with E-state index in [0.717, 1.165) is 24.1 Å². The molecule has 3 nitrogen and oxygen atoms in total. The number of halogens is 1. The maximum Gasteiger partial charge on any atom is 0.229 e. The zero-order valence-corrected chi connectivity index (χ0v) is 11.1. The van der Waals surface area contributed by atoms with Crippen molar-refractivity contribution >= 4 is 23.2 Å². The lowest BCUT2D eigenvalue weighted by Gasteiger charge is -2.19. The largest absolute Gasteiger partial charge is 0.326 e. The quantitative estimate of drug-likeness (QED) is 0.862. The Morgan fingerprint density at radius 1 is 1.44 bits per heavy atom. The molecule has 0 spiro atoms. The number of hydrogen-bond acceptors (Lipinski definition) is 2. The van der Waals surface area contributed by atoms with Gasteiger partial charge < -0.3 is 10.6 Å². The monoisotopic (exact) mass is 264 g/mol. The van der Waals surface area contributed by atoms with E-state index >= 15 is 0 Å². The Balaban J connectivity index is 1.69. The molecule has 0 radical (unpaired) electrons. The number of benzene rings is 1. The molecule has 96 valence electrons. The van der Waals surface area contributed by atoms with Crippen molar-refractivity contribution in [1.29, 1.82) is 0 Å². The van der Waals surface area contributed by atoms with Gasteiger partial charge in [0.15, 0.2) is 0 Å². The van der Waals surface area contributed by atoms with E-state index in [2.05, 4.69) is 10.6 Å². The van der Waals surface area contributed by atoms with Crippen LogP contribution in [-0.4, -0.2) is 18.0 Å². The van der Waals surface area contributed by atoms with E-state index in [1.165, 1.54) is 6.42 Å². The Hall–Kier alpha value is -1.06. The molecule has 2 aliphatic rings. The second-order valence-electron chi connectivity index (χ2n) is 5.34. The minimum Gasteiger partial charge on any atom is -0.326 e. The summed E-state index contributed by atoms with van der Waals surface area (Å²) in [4.78, 5) is 12.2. The van der Waals surface area contributed by atoms with Crippen LogP contribution < -0.4 is 10.6 Å². The average Bonchev–Trinajstić information content (AvgIpc) is 2.96. The van der Waals surface area contributed by atoms with Crippen molar-refractivity contribution < 1.29 is 4.79 Å². The summed E-state index contributed by atoms with van der Waals surface area (Å²) in [6.07, 6.45) is 3.30. The van der Waals surface area contributed by atoms with Crippen LogP contribution in [0.15, 0.2) is 18.2 Å². The number of hydrogen-bond donors (Lipinski definition) is 2. The van der Waals surface area contributed by atoms with Crippen LogP contribution in [0.2, 0.25) is 5.02 Å². The van der Waals surface area contributed by atoms with Crippen molar-refractivity contribution in [2.45, 2.75) is 38.3 Å². The van der Waals surface area contributed by atoms with Gasteiger partial charge in [-0.25, -0.2) is 0 Å². The summed E-state index contributed by atoms with van der Waals surface area (Å²) in [6.45, 7) is 1.95. The minimum atomic E-state index is 0.115. The van der Waals surface area contributed by atoms with Gasteiger partial charge in [0.05, 0.1) is 5.92 Å². The fraction of sp³-hybridized carbons (Fsp3) is 0.500. The first-order chi connectivity index (χ1) is 8.63. The normalized spacial score (nSPS) is 29.6. The Bertz CT molecular complexity index is 489. The minimum absolute atomic E-state index is 0.115. The van der Waals surface area contributed by atoms with E-state index in [1.54, 1.807) is 0 Å². The molecule has 1 amide bonds. The van der Waals surface area contributed by atoms with Crippen LogP contribution in [0, 0.1) is 12.8 Å². The van der Waals surface area contributed by atoms with Gasteiger partial charge in [-0.05, 0) is 43.9 Å². The molecule has 1 aromatic rings. The summed E-state index contributed by atoms with van der Waals surface area (Å²) in [5.41, 5.74) is 1.81. The van der Waals surface area contributed by atoms with Gasteiger partial charge in [-0.2, -0.15) is 0 Å². The van der Waals surface area contributed by atoms with Crippen LogP contribution in [0.4, 0.5) is 5.69 Å². The number of carbonyl (C=O) groups excluding carboxylic acids is 1. The molecule has 0 saturated carbocycles. The van der Waals surface area contributed by atoms with Gasteiger partial charge in [-0.3, -0.25) is 4.79 Å². The second-order valence-corrected chi connectivity index (χ2v) is 5.75. The Kier molecular flexibility index (Phi) is 3.04. The molecule has 2 N–H and O–H groups in total. The highest BCUT2D eigenvalue weighted by molar-refractivity contribution is 6.31. The Morgan fingerprint density at radius 2 is 2.28 bits per heavy atom. The third-order valence-electron chi connectivity index (χ3n) is 4.08. The lowest BCUT2D eigenvalue weighted by Crippen LogP contribution is -2.32. The van der Waals surface area contributed by atoms with E-state index in [-0.39, 0.29) is 11.8 Å². The highest BCUT2D eigenvalue weighted by Crippen LogP contribution is 2.34. The molecular formula is C14H17ClN2O. The zero-order chi connectivity index (χ0) is 12.7. The van der Waals surface area contributed by atoms with Gasteiger partial charge in [-0.1, -0.05) is 17.7 Å². The zero-order valence-electron chi connectivity index (χ0n) is 10.4. The predicted molar refractivity (Wildman–Crippen MR) is 72.9 cm³/mol. The van der Waals surface area contributed by atoms with Crippen LogP contribution >= 0.6 is 11.6 Å². The first-order valence-electron chi connectivity index (χ1n) is 6.46. The maximum absolute atomic E-state index is 12.2. The Morgan fingerprint density at radius 3 is 2.89 bits per heavy atom. The third-order valence-corrected chi connectivity index (χ3v) is 4.48. The van der Waals surface area contributed by atoms with E-state index in [1.807, 2.05) is 25.1 Å². The number of amides is 1. The molecule has 3 atom stereocenters. The van der Waals surface area contributed by atoms with E-state index < -0.39 is 0 Å². The SMILES string of the molecule is Cc1ccc(NC(=O)C2CC3CCC2N3)cc1Cl. The molecule has 3 rings (SSSR count). The van der Waals surface area contributed by atoms with Gasteiger partial charge in [0.2, 0.25) is 5.91 Å². The highest BCUT2D eigenvalue weighted by Gasteiger charge is 2.42. The summed E-state index contributed by atoms with van der Waals surface area (Å²) in [7, 11) is 0. The topological polar surface area (TPSA) is 41.1 Å². The molecule has 2 fully saturated rings. The van der Waals surface area contributed by atoms with Crippen LogP contribution in [0.5, 0.6) is 0 Å². The molecule has 2 aliphatic heterocycles. The lowest BCUT2D eigenvalue weighted by molar-refractivity contribution is -0.120. The number of anilines is 1. The second kappa shape index (κ2) is 4.56. The predicted octanol–water partition coefficient (Wildman–Crippen LogP) is 2.73. The van der Waals surface area contributed by atoms with E-state index in [9.17, 15) is 4.79 Å². The lowest BCUT2D eigenvalue weighted by atomic mass is 9.88. The van der Waals surface area contributed by atoms with Gasteiger partial charge in [-0.15, -0.1) is 0 Å². The smallest absolute Gasteiger partial charge is 0.229 e. The van der Waals surface area contributed by atoms with E-state index in [0.29, 0.717) is 17.1 Å². The number of carbonyl (C=O) groups is 1. The van der Waals surface area contributed by atoms with Crippen LogP contribution in [0.25, 0.3) is 0 Å². The molecule has 0 aromatic heterocycles. The number of aryl methyl sites for hydroxylation is 1. The molecule has 0 aliphatic carbocycles. The summed E-state index contributed by atoms with van der Waals surface area (Å²) < 4.78 is 0. The van der Waals surface area contributed by atoms with Crippen molar-refractivity contribution in [1.82, 2.24) is 5.32 Å². The fourth-order valence-corrected chi connectivity index (χ4v) is 3.20. The summed E-state index contributed by atoms with van der Waals surface area (Å²) >= 11 is 6.06. The van der Waals surface area contributed by atoms with Crippen molar-refractivity contribution in [3.8, 4) is 0 Å². The molecule has 4 heteroatoms. The third kappa shape index (κ3) is 2.13. The highest BCUT2D eigenvalue weighted by atomic mass is 35.5. The number of nitrogens with one attached hydrogen (secondary N) is 2. The molecular weight excluding hydrogens is 248 g/mol. The van der Waals surface area contributed by atoms with E-state index in [4.69, 9.17) is 11.6 Å². The summed E-state index contributed by atoms with van der Waals surface area (Å²) in [5.74, 6) is 0.235. The first kappa shape index (κ1) is 12.0. The standard InChI is InChI=1S/C14H17ClN2O/c1-8-2-3-10(7-12(8)15)17-14(18)11-6-9-4-5-13(11)16-9/h2-3,7,9,11,13,16H,4-6H2,1H3,(H,17,18). The van der Waals surface area contributed by atoms with Crippen LogP contribution in [0.3, 0.4) is 0 Å². The number of rotatable bonds is 2.